The fourth-order valence-electron chi connectivity index (χ4n) is 2.48. The average Bonchev–Trinajstić information content (AvgIpc) is 2.17. The standard InChI is InChI=1S/C13H17BrO/c14-12-7-11(8-13(15)9-12)6-10-4-2-1-3-5-10/h7-10,15H,1-6H2. The summed E-state index contributed by atoms with van der Waals surface area (Å²) in [5, 5.41) is 9.49. The summed E-state index contributed by atoms with van der Waals surface area (Å²) < 4.78 is 0.980. The predicted octanol–water partition coefficient (Wildman–Crippen LogP) is 4.28. The highest BCUT2D eigenvalue weighted by Crippen LogP contribution is 2.29. The summed E-state index contributed by atoms with van der Waals surface area (Å²) >= 11 is 3.42. The van der Waals surface area contributed by atoms with Crippen LogP contribution >= 0.6 is 15.9 Å². The van der Waals surface area contributed by atoms with Crippen molar-refractivity contribution >= 4 is 15.9 Å². The Morgan fingerprint density at radius 2 is 1.87 bits per heavy atom. The summed E-state index contributed by atoms with van der Waals surface area (Å²) in [6, 6.07) is 5.75. The maximum Gasteiger partial charge on any atom is 0.116 e. The Morgan fingerprint density at radius 3 is 2.53 bits per heavy atom. The van der Waals surface area contributed by atoms with E-state index < -0.39 is 0 Å². The molecule has 0 heterocycles. The smallest absolute Gasteiger partial charge is 0.116 e. The molecule has 0 bridgehead atoms. The van der Waals surface area contributed by atoms with E-state index in [1.54, 1.807) is 6.07 Å². The molecule has 1 aromatic carbocycles. The lowest BCUT2D eigenvalue weighted by atomic mass is 9.85. The lowest BCUT2D eigenvalue weighted by molar-refractivity contribution is 0.356. The first-order chi connectivity index (χ1) is 7.24. The van der Waals surface area contributed by atoms with Gasteiger partial charge in [-0.25, -0.2) is 0 Å². The third-order valence-electron chi connectivity index (χ3n) is 3.19. The Bertz CT molecular complexity index is 309. The van der Waals surface area contributed by atoms with Gasteiger partial charge in [0.25, 0.3) is 0 Å². The van der Waals surface area contributed by atoms with Gasteiger partial charge in [-0.2, -0.15) is 0 Å². The SMILES string of the molecule is Oc1cc(Br)cc(CC2CCCCC2)c1. The molecule has 1 aromatic rings. The molecule has 0 amide bonds. The van der Waals surface area contributed by atoms with E-state index in [0.717, 1.165) is 16.8 Å². The molecule has 0 aromatic heterocycles. The first-order valence-electron chi connectivity index (χ1n) is 5.72. The lowest BCUT2D eigenvalue weighted by Crippen LogP contribution is -2.09. The molecule has 1 aliphatic rings. The number of halogens is 1. The van der Waals surface area contributed by atoms with E-state index in [1.807, 2.05) is 6.07 Å². The van der Waals surface area contributed by atoms with Crippen LogP contribution in [0.4, 0.5) is 0 Å². The van der Waals surface area contributed by atoms with Crippen molar-refractivity contribution in [2.24, 2.45) is 5.92 Å². The van der Waals surface area contributed by atoms with E-state index in [4.69, 9.17) is 0 Å². The number of phenolic OH excluding ortho intramolecular Hbond substituents is 1. The largest absolute Gasteiger partial charge is 0.508 e. The quantitative estimate of drug-likeness (QED) is 0.849. The van der Waals surface area contributed by atoms with Crippen LogP contribution in [0, 0.1) is 5.92 Å². The molecular formula is C13H17BrO. The van der Waals surface area contributed by atoms with Crippen LogP contribution in [-0.4, -0.2) is 5.11 Å². The van der Waals surface area contributed by atoms with Gasteiger partial charge in [0.2, 0.25) is 0 Å². The second-order valence-corrected chi connectivity index (χ2v) is 5.44. The summed E-state index contributed by atoms with van der Waals surface area (Å²) in [5.74, 6) is 1.20. The molecule has 0 spiro atoms. The first kappa shape index (κ1) is 11.0. The number of rotatable bonds is 2. The van der Waals surface area contributed by atoms with E-state index in [0.29, 0.717) is 5.75 Å². The number of hydrogen-bond donors (Lipinski definition) is 1. The van der Waals surface area contributed by atoms with Gasteiger partial charge < -0.3 is 5.11 Å². The van der Waals surface area contributed by atoms with Crippen LogP contribution in [0.2, 0.25) is 0 Å². The van der Waals surface area contributed by atoms with Gasteiger partial charge in [0.05, 0.1) is 0 Å². The molecule has 82 valence electrons. The molecule has 0 saturated heterocycles. The minimum absolute atomic E-state index is 0.371. The lowest BCUT2D eigenvalue weighted by Gasteiger charge is -2.21. The van der Waals surface area contributed by atoms with Gasteiger partial charge in [0, 0.05) is 4.47 Å². The van der Waals surface area contributed by atoms with E-state index in [-0.39, 0.29) is 0 Å². The summed E-state index contributed by atoms with van der Waals surface area (Å²) in [6.45, 7) is 0. The molecule has 1 fully saturated rings. The molecule has 1 saturated carbocycles. The third kappa shape index (κ3) is 3.23. The number of aromatic hydroxyl groups is 1. The Hall–Kier alpha value is -0.500. The van der Waals surface area contributed by atoms with E-state index >= 15 is 0 Å². The van der Waals surface area contributed by atoms with Crippen LogP contribution in [0.15, 0.2) is 22.7 Å². The van der Waals surface area contributed by atoms with Gasteiger partial charge in [0.1, 0.15) is 5.75 Å². The molecular weight excluding hydrogens is 252 g/mol. The van der Waals surface area contributed by atoms with E-state index in [1.165, 1.54) is 37.7 Å². The fourth-order valence-corrected chi connectivity index (χ4v) is 3.00. The molecule has 0 atom stereocenters. The molecule has 0 radical (unpaired) electrons. The summed E-state index contributed by atoms with van der Waals surface area (Å²) in [4.78, 5) is 0. The normalized spacial score (nSPS) is 17.9. The second-order valence-electron chi connectivity index (χ2n) is 4.53. The van der Waals surface area contributed by atoms with Crippen LogP contribution < -0.4 is 0 Å². The summed E-state index contributed by atoms with van der Waals surface area (Å²) in [5.41, 5.74) is 1.26. The highest BCUT2D eigenvalue weighted by atomic mass is 79.9. The molecule has 2 heteroatoms. The zero-order valence-electron chi connectivity index (χ0n) is 8.88. The van der Waals surface area contributed by atoms with E-state index in [2.05, 4.69) is 22.0 Å². The zero-order chi connectivity index (χ0) is 10.7. The van der Waals surface area contributed by atoms with Crippen molar-refractivity contribution in [1.82, 2.24) is 0 Å². The predicted molar refractivity (Wildman–Crippen MR) is 66.1 cm³/mol. The number of benzene rings is 1. The molecule has 1 nitrogen and oxygen atoms in total. The number of phenols is 1. The second kappa shape index (κ2) is 5.02. The maximum atomic E-state index is 9.49. The van der Waals surface area contributed by atoms with Gasteiger partial charge in [-0.05, 0) is 36.1 Å². The topological polar surface area (TPSA) is 20.2 Å². The van der Waals surface area contributed by atoms with Crippen molar-refractivity contribution in [3.8, 4) is 5.75 Å². The molecule has 0 aliphatic heterocycles. The maximum absolute atomic E-state index is 9.49. The van der Waals surface area contributed by atoms with Crippen LogP contribution in [0.25, 0.3) is 0 Å². The van der Waals surface area contributed by atoms with Crippen molar-refractivity contribution in [3.05, 3.63) is 28.2 Å². The van der Waals surface area contributed by atoms with Crippen molar-refractivity contribution < 1.29 is 5.11 Å². The van der Waals surface area contributed by atoms with Gasteiger partial charge in [-0.3, -0.25) is 0 Å². The van der Waals surface area contributed by atoms with Crippen molar-refractivity contribution in [2.75, 3.05) is 0 Å². The highest BCUT2D eigenvalue weighted by molar-refractivity contribution is 9.10. The molecule has 0 unspecified atom stereocenters. The van der Waals surface area contributed by atoms with Gasteiger partial charge >= 0.3 is 0 Å². The van der Waals surface area contributed by atoms with Gasteiger partial charge in [-0.1, -0.05) is 48.0 Å². The third-order valence-corrected chi connectivity index (χ3v) is 3.65. The highest BCUT2D eigenvalue weighted by Gasteiger charge is 2.14. The average molecular weight is 269 g/mol. The van der Waals surface area contributed by atoms with Crippen LogP contribution in [-0.2, 0) is 6.42 Å². The molecule has 1 N–H and O–H groups in total. The fraction of sp³-hybridized carbons (Fsp3) is 0.538. The number of hydrogen-bond acceptors (Lipinski definition) is 1. The molecule has 15 heavy (non-hydrogen) atoms. The van der Waals surface area contributed by atoms with Gasteiger partial charge in [-0.15, -0.1) is 0 Å². The minimum Gasteiger partial charge on any atom is -0.508 e. The molecule has 1 aliphatic carbocycles. The molecule has 2 rings (SSSR count). The zero-order valence-corrected chi connectivity index (χ0v) is 10.5. The van der Waals surface area contributed by atoms with Crippen LogP contribution in [0.3, 0.4) is 0 Å². The Kier molecular flexibility index (Phi) is 3.68. The van der Waals surface area contributed by atoms with E-state index in [9.17, 15) is 5.11 Å². The van der Waals surface area contributed by atoms with Crippen molar-refractivity contribution in [1.29, 1.82) is 0 Å². The Balaban J connectivity index is 2.02. The summed E-state index contributed by atoms with van der Waals surface area (Å²) in [6.07, 6.45) is 7.99. The van der Waals surface area contributed by atoms with Crippen molar-refractivity contribution in [3.63, 3.8) is 0 Å². The summed E-state index contributed by atoms with van der Waals surface area (Å²) in [7, 11) is 0. The van der Waals surface area contributed by atoms with Gasteiger partial charge in [0.15, 0.2) is 0 Å². The van der Waals surface area contributed by atoms with Crippen LogP contribution in [0.5, 0.6) is 5.75 Å². The van der Waals surface area contributed by atoms with Crippen molar-refractivity contribution in [2.45, 2.75) is 38.5 Å². The Morgan fingerprint density at radius 1 is 1.13 bits per heavy atom. The minimum atomic E-state index is 0.371. The first-order valence-corrected chi connectivity index (χ1v) is 6.52. The Labute approximate surface area is 99.6 Å². The van der Waals surface area contributed by atoms with Crippen LogP contribution in [0.1, 0.15) is 37.7 Å². The monoisotopic (exact) mass is 268 g/mol.